The number of imidazole rings is 1. The van der Waals surface area contributed by atoms with Crippen molar-refractivity contribution >= 4 is 44.4 Å². The van der Waals surface area contributed by atoms with Gasteiger partial charge < -0.3 is 9.88 Å². The van der Waals surface area contributed by atoms with Crippen molar-refractivity contribution in [1.82, 2.24) is 9.55 Å². The minimum absolute atomic E-state index is 0.0163. The summed E-state index contributed by atoms with van der Waals surface area (Å²) in [5, 5.41) is 8.41. The first-order valence-electron chi connectivity index (χ1n) is 8.77. The quantitative estimate of drug-likeness (QED) is 0.598. The van der Waals surface area contributed by atoms with E-state index in [1.807, 2.05) is 49.6 Å². The molecule has 148 valence electrons. The molecule has 7 nitrogen and oxygen atoms in total. The van der Waals surface area contributed by atoms with Crippen molar-refractivity contribution in [3.8, 4) is 0 Å². The third-order valence-corrected chi connectivity index (χ3v) is 6.38. The van der Waals surface area contributed by atoms with E-state index in [0.29, 0.717) is 17.2 Å². The maximum absolute atomic E-state index is 12.6. The standard InChI is InChI=1S/C19H22N4O3S2/c1-4-23-17-10-9-14(28(20,25)26)11-16(17)22-19(23)27-13(3)18(24)21-15-8-6-5-7-12(15)2/h5-11,13H,4H2,1-3H3,(H,21,24)(H2,20,25,26). The molecular weight excluding hydrogens is 396 g/mol. The number of anilines is 1. The summed E-state index contributed by atoms with van der Waals surface area (Å²) in [6.45, 7) is 6.36. The maximum Gasteiger partial charge on any atom is 0.238 e. The second kappa shape index (κ2) is 7.94. The fraction of sp³-hybridized carbons (Fsp3) is 0.263. The average Bonchev–Trinajstić information content (AvgIpc) is 2.98. The number of sulfonamides is 1. The molecule has 0 saturated carbocycles. The molecular formula is C19H22N4O3S2. The molecule has 1 unspecified atom stereocenters. The summed E-state index contributed by atoms with van der Waals surface area (Å²) in [7, 11) is -3.80. The molecule has 9 heteroatoms. The Morgan fingerprint density at radius 2 is 2.00 bits per heavy atom. The summed E-state index contributed by atoms with van der Waals surface area (Å²) in [5.41, 5.74) is 3.09. The lowest BCUT2D eigenvalue weighted by molar-refractivity contribution is -0.115. The highest BCUT2D eigenvalue weighted by atomic mass is 32.2. The molecule has 0 bridgehead atoms. The van der Waals surface area contributed by atoms with E-state index >= 15 is 0 Å². The number of hydrogen-bond acceptors (Lipinski definition) is 5. The first-order chi connectivity index (χ1) is 13.2. The van der Waals surface area contributed by atoms with Gasteiger partial charge in [0.2, 0.25) is 15.9 Å². The molecule has 3 aromatic rings. The molecule has 1 amide bonds. The minimum Gasteiger partial charge on any atom is -0.325 e. The lowest BCUT2D eigenvalue weighted by atomic mass is 10.2. The molecule has 1 atom stereocenters. The molecule has 0 aliphatic carbocycles. The molecule has 0 fully saturated rings. The fourth-order valence-corrected chi connectivity index (χ4v) is 4.34. The monoisotopic (exact) mass is 418 g/mol. The summed E-state index contributed by atoms with van der Waals surface area (Å²) in [6, 6.07) is 12.2. The van der Waals surface area contributed by atoms with Crippen molar-refractivity contribution in [2.75, 3.05) is 5.32 Å². The SMILES string of the molecule is CCn1c(SC(C)C(=O)Nc2ccccc2C)nc2cc(S(N)(=O)=O)ccc21. The van der Waals surface area contributed by atoms with Crippen LogP contribution >= 0.6 is 11.8 Å². The Morgan fingerprint density at radius 3 is 2.64 bits per heavy atom. The molecule has 0 aliphatic rings. The van der Waals surface area contributed by atoms with Crippen molar-refractivity contribution in [2.45, 2.75) is 42.6 Å². The number of thioether (sulfide) groups is 1. The van der Waals surface area contributed by atoms with E-state index in [9.17, 15) is 13.2 Å². The average molecular weight is 419 g/mol. The molecule has 0 radical (unpaired) electrons. The topological polar surface area (TPSA) is 107 Å². The van der Waals surface area contributed by atoms with Crippen LogP contribution in [0, 0.1) is 6.92 Å². The molecule has 1 heterocycles. The van der Waals surface area contributed by atoms with Crippen molar-refractivity contribution in [3.63, 3.8) is 0 Å². The molecule has 1 aromatic heterocycles. The van der Waals surface area contributed by atoms with Crippen LogP contribution in [0.3, 0.4) is 0 Å². The minimum atomic E-state index is -3.80. The third-order valence-electron chi connectivity index (χ3n) is 4.38. The number of amides is 1. The number of primary sulfonamides is 1. The van der Waals surface area contributed by atoms with E-state index in [1.165, 1.54) is 23.9 Å². The van der Waals surface area contributed by atoms with Crippen molar-refractivity contribution in [3.05, 3.63) is 48.0 Å². The Hall–Kier alpha value is -2.36. The number of hydrogen-bond donors (Lipinski definition) is 2. The number of aromatic nitrogens is 2. The van der Waals surface area contributed by atoms with E-state index in [1.54, 1.807) is 6.07 Å². The van der Waals surface area contributed by atoms with Gasteiger partial charge in [-0.05, 0) is 50.6 Å². The van der Waals surface area contributed by atoms with Gasteiger partial charge in [0.05, 0.1) is 21.2 Å². The number of carbonyl (C=O) groups is 1. The summed E-state index contributed by atoms with van der Waals surface area (Å²) >= 11 is 1.33. The lowest BCUT2D eigenvalue weighted by Gasteiger charge is -2.14. The number of benzene rings is 2. The number of nitrogens with two attached hydrogens (primary N) is 1. The van der Waals surface area contributed by atoms with Crippen LogP contribution in [0.25, 0.3) is 11.0 Å². The Balaban J connectivity index is 1.86. The molecule has 0 spiro atoms. The van der Waals surface area contributed by atoms with Gasteiger partial charge in [0.15, 0.2) is 5.16 Å². The zero-order chi connectivity index (χ0) is 20.5. The van der Waals surface area contributed by atoms with Crippen LogP contribution in [0.4, 0.5) is 5.69 Å². The largest absolute Gasteiger partial charge is 0.325 e. The number of nitrogens with zero attached hydrogens (tertiary/aromatic N) is 2. The highest BCUT2D eigenvalue weighted by molar-refractivity contribution is 8.00. The van der Waals surface area contributed by atoms with Gasteiger partial charge >= 0.3 is 0 Å². The highest BCUT2D eigenvalue weighted by Crippen LogP contribution is 2.29. The molecule has 0 aliphatic heterocycles. The summed E-state index contributed by atoms with van der Waals surface area (Å²) in [5.74, 6) is -0.126. The lowest BCUT2D eigenvalue weighted by Crippen LogP contribution is -2.23. The Morgan fingerprint density at radius 1 is 1.29 bits per heavy atom. The second-order valence-corrected chi connectivity index (χ2v) is 9.27. The van der Waals surface area contributed by atoms with Crippen molar-refractivity contribution < 1.29 is 13.2 Å². The van der Waals surface area contributed by atoms with Gasteiger partial charge in [-0.25, -0.2) is 18.5 Å². The van der Waals surface area contributed by atoms with E-state index in [2.05, 4.69) is 10.3 Å². The van der Waals surface area contributed by atoms with Gasteiger partial charge in [-0.3, -0.25) is 4.79 Å². The predicted octanol–water partition coefficient (Wildman–Crippen LogP) is 3.13. The molecule has 2 aromatic carbocycles. The fourth-order valence-electron chi connectivity index (χ4n) is 2.82. The zero-order valence-electron chi connectivity index (χ0n) is 15.8. The first kappa shape index (κ1) is 20.4. The predicted molar refractivity (Wildman–Crippen MR) is 112 cm³/mol. The van der Waals surface area contributed by atoms with Crippen LogP contribution in [0.1, 0.15) is 19.4 Å². The van der Waals surface area contributed by atoms with E-state index in [-0.39, 0.29) is 16.1 Å². The van der Waals surface area contributed by atoms with Gasteiger partial charge in [-0.1, -0.05) is 30.0 Å². The number of nitrogens with one attached hydrogen (secondary N) is 1. The number of carbonyl (C=O) groups excluding carboxylic acids is 1. The van der Waals surface area contributed by atoms with Crippen LogP contribution in [-0.4, -0.2) is 29.1 Å². The van der Waals surface area contributed by atoms with Crippen molar-refractivity contribution in [1.29, 1.82) is 0 Å². The van der Waals surface area contributed by atoms with E-state index in [4.69, 9.17) is 5.14 Å². The van der Waals surface area contributed by atoms with Gasteiger partial charge in [0, 0.05) is 12.2 Å². The number of fused-ring (bicyclic) bond motifs is 1. The van der Waals surface area contributed by atoms with E-state index < -0.39 is 10.0 Å². The van der Waals surface area contributed by atoms with Crippen LogP contribution in [-0.2, 0) is 21.4 Å². The van der Waals surface area contributed by atoms with E-state index in [0.717, 1.165) is 16.8 Å². The third kappa shape index (κ3) is 4.21. The van der Waals surface area contributed by atoms with Crippen molar-refractivity contribution in [2.24, 2.45) is 5.14 Å². The summed E-state index contributed by atoms with van der Waals surface area (Å²) in [6.07, 6.45) is 0. The first-order valence-corrected chi connectivity index (χ1v) is 11.2. The van der Waals surface area contributed by atoms with Crippen LogP contribution < -0.4 is 10.5 Å². The Labute approximate surface area is 168 Å². The second-order valence-electron chi connectivity index (χ2n) is 6.40. The Bertz CT molecular complexity index is 1140. The zero-order valence-corrected chi connectivity index (χ0v) is 17.5. The smallest absolute Gasteiger partial charge is 0.238 e. The summed E-state index contributed by atoms with van der Waals surface area (Å²) in [4.78, 5) is 17.2. The van der Waals surface area contributed by atoms with Gasteiger partial charge in [0.25, 0.3) is 0 Å². The van der Waals surface area contributed by atoms with Crippen LogP contribution in [0.15, 0.2) is 52.5 Å². The normalized spacial score (nSPS) is 12.9. The molecule has 0 saturated heterocycles. The van der Waals surface area contributed by atoms with Gasteiger partial charge in [-0.15, -0.1) is 0 Å². The number of rotatable bonds is 6. The van der Waals surface area contributed by atoms with Crippen LogP contribution in [0.2, 0.25) is 0 Å². The molecule has 28 heavy (non-hydrogen) atoms. The molecule has 3 rings (SSSR count). The van der Waals surface area contributed by atoms with Gasteiger partial charge in [0.1, 0.15) is 0 Å². The maximum atomic E-state index is 12.6. The van der Waals surface area contributed by atoms with Crippen LogP contribution in [0.5, 0.6) is 0 Å². The summed E-state index contributed by atoms with van der Waals surface area (Å²) < 4.78 is 25.1. The van der Waals surface area contributed by atoms with Gasteiger partial charge in [-0.2, -0.15) is 0 Å². The highest BCUT2D eigenvalue weighted by Gasteiger charge is 2.20. The number of aryl methyl sites for hydroxylation is 2. The molecule has 3 N–H and O–H groups in total. The number of para-hydroxylation sites is 1. The Kier molecular flexibility index (Phi) is 5.78.